The summed E-state index contributed by atoms with van der Waals surface area (Å²) in [6.45, 7) is 2.79. The van der Waals surface area contributed by atoms with Crippen LogP contribution in [0.15, 0.2) is 24.3 Å². The summed E-state index contributed by atoms with van der Waals surface area (Å²) >= 11 is 0. The molecule has 1 N–H and O–H groups in total. The van der Waals surface area contributed by atoms with Crippen LogP contribution in [-0.4, -0.2) is 44.2 Å². The number of nitrogens with zero attached hydrogens (tertiary/aromatic N) is 1. The molecule has 5 heteroatoms. The Morgan fingerprint density at radius 1 is 1.38 bits per heavy atom. The zero-order chi connectivity index (χ0) is 14.7. The highest BCUT2D eigenvalue weighted by atomic mass is 16.5. The molecule has 1 aromatic carbocycles. The fourth-order valence-corrected chi connectivity index (χ4v) is 3.06. The first-order chi connectivity index (χ1) is 10.3. The summed E-state index contributed by atoms with van der Waals surface area (Å²) in [5.74, 6) is 1.44. The molecule has 0 bridgehead atoms. The molecule has 5 nitrogen and oxygen atoms in total. The maximum atomic E-state index is 12.2. The number of benzene rings is 1. The minimum Gasteiger partial charge on any atom is -0.497 e. The van der Waals surface area contributed by atoms with Crippen LogP contribution in [0, 0.1) is 5.92 Å². The summed E-state index contributed by atoms with van der Waals surface area (Å²) in [6, 6.07) is 7.89. The number of nitrogens with one attached hydrogen (secondary N) is 1. The van der Waals surface area contributed by atoms with Crippen molar-refractivity contribution in [3.05, 3.63) is 29.8 Å². The van der Waals surface area contributed by atoms with E-state index in [-0.39, 0.29) is 12.1 Å². The minimum atomic E-state index is -0.0367. The fraction of sp³-hybridized carbons (Fsp3) is 0.562. The number of carbonyl (C=O) groups excluding carboxylic acids is 1. The molecular formula is C16H22N2O3. The van der Waals surface area contributed by atoms with Crippen molar-refractivity contribution in [2.24, 2.45) is 5.92 Å². The number of hydrogen-bond donors (Lipinski definition) is 1. The summed E-state index contributed by atoms with van der Waals surface area (Å²) in [5.41, 5.74) is 1.10. The third-order valence-electron chi connectivity index (χ3n) is 4.22. The van der Waals surface area contributed by atoms with Crippen molar-refractivity contribution in [2.75, 3.05) is 33.4 Å². The minimum absolute atomic E-state index is 0.0367. The lowest BCUT2D eigenvalue weighted by Crippen LogP contribution is -2.37. The Hall–Kier alpha value is -1.59. The summed E-state index contributed by atoms with van der Waals surface area (Å²) in [5, 5.41) is 3.29. The second kappa shape index (κ2) is 6.45. The summed E-state index contributed by atoms with van der Waals surface area (Å²) < 4.78 is 10.7. The Labute approximate surface area is 125 Å². The molecule has 21 heavy (non-hydrogen) atoms. The van der Waals surface area contributed by atoms with Crippen LogP contribution in [0.3, 0.4) is 0 Å². The first-order valence-corrected chi connectivity index (χ1v) is 7.52. The molecule has 0 spiro atoms. The number of ether oxygens (including phenoxy) is 2. The van der Waals surface area contributed by atoms with Gasteiger partial charge in [0.2, 0.25) is 5.91 Å². The van der Waals surface area contributed by atoms with E-state index in [1.165, 1.54) is 0 Å². The maximum absolute atomic E-state index is 12.2. The zero-order valence-corrected chi connectivity index (χ0v) is 12.4. The van der Waals surface area contributed by atoms with E-state index < -0.39 is 0 Å². The van der Waals surface area contributed by atoms with Gasteiger partial charge < -0.3 is 14.4 Å². The molecule has 0 aromatic heterocycles. The molecule has 0 radical (unpaired) electrons. The number of methoxy groups -OCH3 is 1. The van der Waals surface area contributed by atoms with Gasteiger partial charge in [-0.2, -0.15) is 0 Å². The largest absolute Gasteiger partial charge is 0.497 e. The average Bonchev–Trinajstić information content (AvgIpc) is 2.90. The molecule has 2 fully saturated rings. The molecule has 1 aromatic rings. The molecular weight excluding hydrogens is 268 g/mol. The van der Waals surface area contributed by atoms with Gasteiger partial charge in [0.25, 0.3) is 0 Å². The van der Waals surface area contributed by atoms with E-state index >= 15 is 0 Å². The lowest BCUT2D eigenvalue weighted by Gasteiger charge is -2.30. The molecule has 0 saturated carbocycles. The predicted molar refractivity (Wildman–Crippen MR) is 79.0 cm³/mol. The summed E-state index contributed by atoms with van der Waals surface area (Å²) in [6.07, 6.45) is 2.19. The quantitative estimate of drug-likeness (QED) is 0.914. The number of carbonyl (C=O) groups is 1. The molecule has 2 saturated heterocycles. The Morgan fingerprint density at radius 3 is 2.86 bits per heavy atom. The van der Waals surface area contributed by atoms with E-state index in [4.69, 9.17) is 9.47 Å². The van der Waals surface area contributed by atoms with Gasteiger partial charge in [-0.3, -0.25) is 10.1 Å². The molecule has 2 unspecified atom stereocenters. The molecule has 0 aliphatic carbocycles. The Balaban J connectivity index is 1.71. The van der Waals surface area contributed by atoms with Crippen LogP contribution in [0.2, 0.25) is 0 Å². The maximum Gasteiger partial charge on any atom is 0.238 e. The summed E-state index contributed by atoms with van der Waals surface area (Å²) in [7, 11) is 1.65. The van der Waals surface area contributed by atoms with Gasteiger partial charge in [-0.05, 0) is 30.5 Å². The smallest absolute Gasteiger partial charge is 0.238 e. The Morgan fingerprint density at radius 2 is 2.19 bits per heavy atom. The van der Waals surface area contributed by atoms with Crippen molar-refractivity contribution in [3.63, 3.8) is 0 Å². The molecule has 1 amide bonds. The average molecular weight is 290 g/mol. The monoisotopic (exact) mass is 290 g/mol. The van der Waals surface area contributed by atoms with Crippen LogP contribution < -0.4 is 10.1 Å². The van der Waals surface area contributed by atoms with Gasteiger partial charge in [0, 0.05) is 19.1 Å². The van der Waals surface area contributed by atoms with Gasteiger partial charge >= 0.3 is 0 Å². The van der Waals surface area contributed by atoms with Gasteiger partial charge in [-0.15, -0.1) is 0 Å². The van der Waals surface area contributed by atoms with Gasteiger partial charge in [-0.1, -0.05) is 12.1 Å². The zero-order valence-electron chi connectivity index (χ0n) is 12.4. The number of amides is 1. The van der Waals surface area contributed by atoms with Gasteiger partial charge in [0.1, 0.15) is 11.9 Å². The van der Waals surface area contributed by atoms with E-state index in [0.29, 0.717) is 12.5 Å². The van der Waals surface area contributed by atoms with Gasteiger partial charge in [0.05, 0.1) is 20.3 Å². The summed E-state index contributed by atoms with van der Waals surface area (Å²) in [4.78, 5) is 14.1. The molecule has 2 atom stereocenters. The molecule has 2 aliphatic rings. The van der Waals surface area contributed by atoms with E-state index in [9.17, 15) is 4.79 Å². The van der Waals surface area contributed by atoms with Crippen molar-refractivity contribution >= 4 is 5.91 Å². The van der Waals surface area contributed by atoms with Crippen molar-refractivity contribution in [1.82, 2.24) is 10.2 Å². The van der Waals surface area contributed by atoms with Crippen molar-refractivity contribution in [2.45, 2.75) is 19.0 Å². The normalized spacial score (nSPS) is 26.1. The molecule has 3 rings (SSSR count). The topological polar surface area (TPSA) is 50.8 Å². The standard InChI is InChI=1S/C16H22N2O3/c1-20-14-6-4-13(5-7-14)16-17-9-15(19)18(16)10-12-3-2-8-21-11-12/h4-7,12,16-17H,2-3,8-11H2,1H3. The second-order valence-electron chi connectivity index (χ2n) is 5.69. The SMILES string of the molecule is COc1ccc(C2NCC(=O)N2CC2CCCOC2)cc1. The third kappa shape index (κ3) is 3.19. The third-order valence-corrected chi connectivity index (χ3v) is 4.22. The first-order valence-electron chi connectivity index (χ1n) is 7.52. The van der Waals surface area contributed by atoms with Crippen LogP contribution >= 0.6 is 0 Å². The predicted octanol–water partition coefficient (Wildman–Crippen LogP) is 1.55. The van der Waals surface area contributed by atoms with Crippen molar-refractivity contribution < 1.29 is 14.3 Å². The van der Waals surface area contributed by atoms with Crippen molar-refractivity contribution in [1.29, 1.82) is 0 Å². The van der Waals surface area contributed by atoms with Crippen molar-refractivity contribution in [3.8, 4) is 5.75 Å². The van der Waals surface area contributed by atoms with Crippen LogP contribution in [0.5, 0.6) is 5.75 Å². The van der Waals surface area contributed by atoms with E-state index in [1.807, 2.05) is 29.2 Å². The molecule has 2 aliphatic heterocycles. The van der Waals surface area contributed by atoms with Crippen LogP contribution in [0.25, 0.3) is 0 Å². The van der Waals surface area contributed by atoms with Gasteiger partial charge in [-0.25, -0.2) is 0 Å². The van der Waals surface area contributed by atoms with E-state index in [1.54, 1.807) is 7.11 Å². The first kappa shape index (κ1) is 14.4. The van der Waals surface area contributed by atoms with Gasteiger partial charge in [0.15, 0.2) is 0 Å². The molecule has 114 valence electrons. The lowest BCUT2D eigenvalue weighted by molar-refractivity contribution is -0.129. The highest BCUT2D eigenvalue weighted by Crippen LogP contribution is 2.27. The number of rotatable bonds is 4. The van der Waals surface area contributed by atoms with Crippen LogP contribution in [0.4, 0.5) is 0 Å². The van der Waals surface area contributed by atoms with Crippen LogP contribution in [0.1, 0.15) is 24.6 Å². The highest BCUT2D eigenvalue weighted by Gasteiger charge is 2.33. The Bertz CT molecular complexity index is 483. The lowest BCUT2D eigenvalue weighted by atomic mass is 10.0. The van der Waals surface area contributed by atoms with Crippen LogP contribution in [-0.2, 0) is 9.53 Å². The van der Waals surface area contributed by atoms with E-state index in [0.717, 1.165) is 43.9 Å². The fourth-order valence-electron chi connectivity index (χ4n) is 3.06. The van der Waals surface area contributed by atoms with E-state index in [2.05, 4.69) is 5.32 Å². The highest BCUT2D eigenvalue weighted by molar-refractivity contribution is 5.81. The number of hydrogen-bond acceptors (Lipinski definition) is 4. The Kier molecular flexibility index (Phi) is 4.41. The second-order valence-corrected chi connectivity index (χ2v) is 5.69. The molecule has 2 heterocycles.